The number of imidazole rings is 1. The standard InChI is InChI=1S/C20H20N2O4/c1-12-8-14(20(24)25)9-13(2)18(12)19(23)16-10-15(4-5-17(16)26-3)22-7-6-21-11-22/h4-11,19,23H,1-3H3,(H,24,25). The fourth-order valence-electron chi connectivity index (χ4n) is 3.19. The van der Waals surface area contributed by atoms with Crippen molar-refractivity contribution in [2.24, 2.45) is 0 Å². The Hall–Kier alpha value is -3.12. The van der Waals surface area contributed by atoms with Crippen LogP contribution in [0.25, 0.3) is 5.69 Å². The fraction of sp³-hybridized carbons (Fsp3) is 0.200. The normalized spacial score (nSPS) is 12.0. The van der Waals surface area contributed by atoms with Gasteiger partial charge in [-0.15, -0.1) is 0 Å². The van der Waals surface area contributed by atoms with Gasteiger partial charge in [0.25, 0.3) is 0 Å². The lowest BCUT2D eigenvalue weighted by Crippen LogP contribution is -2.09. The van der Waals surface area contributed by atoms with E-state index in [1.54, 1.807) is 51.7 Å². The number of aryl methyl sites for hydroxylation is 2. The lowest BCUT2D eigenvalue weighted by Gasteiger charge is -2.21. The van der Waals surface area contributed by atoms with Crippen LogP contribution in [0.5, 0.6) is 5.75 Å². The van der Waals surface area contributed by atoms with Crippen molar-refractivity contribution in [2.45, 2.75) is 20.0 Å². The number of carboxylic acids is 1. The van der Waals surface area contributed by atoms with Crippen LogP contribution in [-0.4, -0.2) is 32.8 Å². The molecule has 0 spiro atoms. The van der Waals surface area contributed by atoms with E-state index in [0.717, 1.165) is 5.69 Å². The van der Waals surface area contributed by atoms with Gasteiger partial charge in [0.05, 0.1) is 19.0 Å². The van der Waals surface area contributed by atoms with Gasteiger partial charge in [0.15, 0.2) is 0 Å². The van der Waals surface area contributed by atoms with Crippen LogP contribution in [0, 0.1) is 13.8 Å². The molecule has 0 saturated heterocycles. The number of aromatic carboxylic acids is 1. The largest absolute Gasteiger partial charge is 0.496 e. The van der Waals surface area contributed by atoms with Gasteiger partial charge in [0.2, 0.25) is 0 Å². The molecule has 6 nitrogen and oxygen atoms in total. The van der Waals surface area contributed by atoms with Crippen molar-refractivity contribution >= 4 is 5.97 Å². The Bertz CT molecular complexity index is 925. The van der Waals surface area contributed by atoms with Crippen molar-refractivity contribution < 1.29 is 19.7 Å². The van der Waals surface area contributed by atoms with E-state index in [1.807, 2.05) is 22.9 Å². The van der Waals surface area contributed by atoms with Crippen molar-refractivity contribution in [2.75, 3.05) is 7.11 Å². The number of methoxy groups -OCH3 is 1. The molecule has 3 aromatic rings. The van der Waals surface area contributed by atoms with Crippen LogP contribution >= 0.6 is 0 Å². The summed E-state index contributed by atoms with van der Waals surface area (Å²) in [6.45, 7) is 3.59. The Morgan fingerprint density at radius 2 is 1.88 bits per heavy atom. The maximum atomic E-state index is 11.2. The molecule has 0 fully saturated rings. The van der Waals surface area contributed by atoms with Crippen LogP contribution in [0.4, 0.5) is 0 Å². The molecule has 0 aliphatic rings. The second-order valence-corrected chi connectivity index (χ2v) is 6.13. The molecule has 0 radical (unpaired) electrons. The average molecular weight is 352 g/mol. The second-order valence-electron chi connectivity index (χ2n) is 6.13. The number of carboxylic acid groups (broad SMARTS) is 1. The van der Waals surface area contributed by atoms with Crippen LogP contribution < -0.4 is 4.74 Å². The maximum Gasteiger partial charge on any atom is 0.335 e. The topological polar surface area (TPSA) is 84.6 Å². The summed E-state index contributed by atoms with van der Waals surface area (Å²) in [5.74, 6) is -0.431. The summed E-state index contributed by atoms with van der Waals surface area (Å²) in [5.41, 5.74) is 3.75. The van der Waals surface area contributed by atoms with Gasteiger partial charge in [-0.25, -0.2) is 9.78 Å². The van der Waals surface area contributed by atoms with E-state index < -0.39 is 12.1 Å². The molecule has 26 heavy (non-hydrogen) atoms. The fourth-order valence-corrected chi connectivity index (χ4v) is 3.19. The highest BCUT2D eigenvalue weighted by Crippen LogP contribution is 2.35. The predicted octanol–water partition coefficient (Wildman–Crippen LogP) is 3.28. The monoisotopic (exact) mass is 352 g/mol. The van der Waals surface area contributed by atoms with Gasteiger partial charge in [0, 0.05) is 23.6 Å². The maximum absolute atomic E-state index is 11.2. The number of ether oxygens (including phenoxy) is 1. The van der Waals surface area contributed by atoms with Gasteiger partial charge in [0.1, 0.15) is 11.9 Å². The smallest absolute Gasteiger partial charge is 0.335 e. The number of aliphatic hydroxyl groups is 1. The van der Waals surface area contributed by atoms with Crippen LogP contribution in [0.15, 0.2) is 49.1 Å². The molecular weight excluding hydrogens is 332 g/mol. The Labute approximate surface area is 151 Å². The quantitative estimate of drug-likeness (QED) is 0.736. The number of aliphatic hydroxyl groups excluding tert-OH is 1. The summed E-state index contributed by atoms with van der Waals surface area (Å²) in [5, 5.41) is 20.3. The second kappa shape index (κ2) is 7.01. The number of hydrogen-bond acceptors (Lipinski definition) is 4. The molecule has 1 heterocycles. The Balaban J connectivity index is 2.11. The van der Waals surface area contributed by atoms with Crippen molar-refractivity contribution in [1.82, 2.24) is 9.55 Å². The van der Waals surface area contributed by atoms with Gasteiger partial charge in [-0.1, -0.05) is 0 Å². The predicted molar refractivity (Wildman–Crippen MR) is 97.1 cm³/mol. The zero-order chi connectivity index (χ0) is 18.8. The molecule has 1 unspecified atom stereocenters. The lowest BCUT2D eigenvalue weighted by molar-refractivity contribution is 0.0696. The first-order valence-electron chi connectivity index (χ1n) is 8.11. The van der Waals surface area contributed by atoms with Crippen molar-refractivity contribution in [3.8, 4) is 11.4 Å². The molecule has 0 aliphatic carbocycles. The number of benzene rings is 2. The van der Waals surface area contributed by atoms with Crippen LogP contribution in [-0.2, 0) is 0 Å². The van der Waals surface area contributed by atoms with E-state index in [-0.39, 0.29) is 5.56 Å². The Morgan fingerprint density at radius 3 is 2.42 bits per heavy atom. The zero-order valence-electron chi connectivity index (χ0n) is 14.8. The van der Waals surface area contributed by atoms with Gasteiger partial charge in [-0.05, 0) is 60.9 Å². The molecule has 0 aliphatic heterocycles. The van der Waals surface area contributed by atoms with Gasteiger partial charge in [-0.3, -0.25) is 0 Å². The molecule has 0 saturated carbocycles. The number of hydrogen-bond donors (Lipinski definition) is 2. The molecule has 2 N–H and O–H groups in total. The summed E-state index contributed by atoms with van der Waals surface area (Å²) >= 11 is 0. The van der Waals surface area contributed by atoms with E-state index in [1.165, 1.54) is 0 Å². The Morgan fingerprint density at radius 1 is 1.19 bits per heavy atom. The summed E-state index contributed by atoms with van der Waals surface area (Å²) in [7, 11) is 1.55. The van der Waals surface area contributed by atoms with Crippen molar-refractivity contribution in [3.63, 3.8) is 0 Å². The molecule has 0 bridgehead atoms. The van der Waals surface area contributed by atoms with Crippen LogP contribution in [0.2, 0.25) is 0 Å². The average Bonchev–Trinajstić information content (AvgIpc) is 3.15. The summed E-state index contributed by atoms with van der Waals surface area (Å²) in [6.07, 6.45) is 4.22. The van der Waals surface area contributed by atoms with E-state index >= 15 is 0 Å². The minimum absolute atomic E-state index is 0.204. The van der Waals surface area contributed by atoms with Gasteiger partial charge in [-0.2, -0.15) is 0 Å². The number of nitrogens with zero attached hydrogens (tertiary/aromatic N) is 2. The highest BCUT2D eigenvalue weighted by atomic mass is 16.5. The first-order chi connectivity index (χ1) is 12.4. The number of rotatable bonds is 5. The molecule has 1 aromatic heterocycles. The van der Waals surface area contributed by atoms with Crippen molar-refractivity contribution in [3.05, 3.63) is 76.9 Å². The minimum Gasteiger partial charge on any atom is -0.496 e. The first-order valence-corrected chi connectivity index (χ1v) is 8.11. The number of carbonyl (C=O) groups is 1. The molecule has 6 heteroatoms. The van der Waals surface area contributed by atoms with E-state index in [0.29, 0.717) is 28.0 Å². The third-order valence-corrected chi connectivity index (χ3v) is 4.42. The molecule has 1 atom stereocenters. The van der Waals surface area contributed by atoms with E-state index in [2.05, 4.69) is 4.98 Å². The molecular formula is C20H20N2O4. The van der Waals surface area contributed by atoms with Crippen molar-refractivity contribution in [1.29, 1.82) is 0 Å². The third-order valence-electron chi connectivity index (χ3n) is 4.42. The van der Waals surface area contributed by atoms with Gasteiger partial charge < -0.3 is 19.5 Å². The molecule has 3 rings (SSSR count). The molecule has 0 amide bonds. The first kappa shape index (κ1) is 17.7. The zero-order valence-corrected chi connectivity index (χ0v) is 14.8. The van der Waals surface area contributed by atoms with E-state index in [4.69, 9.17) is 4.74 Å². The molecule has 2 aromatic carbocycles. The summed E-state index contributed by atoms with van der Waals surface area (Å²) < 4.78 is 7.26. The SMILES string of the molecule is COc1ccc(-n2ccnc2)cc1C(O)c1c(C)cc(C(=O)O)cc1C. The van der Waals surface area contributed by atoms with Crippen LogP contribution in [0.3, 0.4) is 0 Å². The van der Waals surface area contributed by atoms with Gasteiger partial charge >= 0.3 is 5.97 Å². The third kappa shape index (κ3) is 3.19. The summed E-state index contributed by atoms with van der Waals surface area (Å²) in [6, 6.07) is 8.66. The minimum atomic E-state index is -0.989. The lowest BCUT2D eigenvalue weighted by atomic mass is 9.91. The highest BCUT2D eigenvalue weighted by molar-refractivity contribution is 5.88. The Kier molecular flexibility index (Phi) is 4.77. The van der Waals surface area contributed by atoms with E-state index in [9.17, 15) is 15.0 Å². The number of aromatic nitrogens is 2. The highest BCUT2D eigenvalue weighted by Gasteiger charge is 2.21. The molecule has 134 valence electrons. The summed E-state index contributed by atoms with van der Waals surface area (Å²) in [4.78, 5) is 15.3. The van der Waals surface area contributed by atoms with Crippen LogP contribution in [0.1, 0.15) is 38.7 Å².